The van der Waals surface area contributed by atoms with Gasteiger partial charge >= 0.3 is 12.1 Å². The summed E-state index contributed by atoms with van der Waals surface area (Å²) in [6, 6.07) is 2.89. The number of carboxylic acid groups (broad SMARTS) is 1. The van der Waals surface area contributed by atoms with Crippen molar-refractivity contribution in [3.8, 4) is 0 Å². The van der Waals surface area contributed by atoms with Crippen molar-refractivity contribution in [2.45, 2.75) is 31.6 Å². The number of aromatic nitrogens is 3. The van der Waals surface area contributed by atoms with E-state index >= 15 is 0 Å². The van der Waals surface area contributed by atoms with E-state index in [1.807, 2.05) is 4.57 Å². The Kier molecular flexibility index (Phi) is 7.06. The molecule has 0 saturated carbocycles. The minimum atomic E-state index is -5.08. The van der Waals surface area contributed by atoms with Gasteiger partial charge in [-0.05, 0) is 24.6 Å². The molecule has 3 heterocycles. The Hall–Kier alpha value is -3.09. The summed E-state index contributed by atoms with van der Waals surface area (Å²) in [7, 11) is 0. The van der Waals surface area contributed by atoms with Gasteiger partial charge in [-0.2, -0.15) is 13.2 Å². The van der Waals surface area contributed by atoms with E-state index in [-0.39, 0.29) is 17.4 Å². The molecule has 2 aliphatic rings. The summed E-state index contributed by atoms with van der Waals surface area (Å²) in [5.74, 6) is -3.17. The van der Waals surface area contributed by atoms with Crippen LogP contribution in [0.5, 0.6) is 0 Å². The van der Waals surface area contributed by atoms with E-state index in [1.165, 1.54) is 6.07 Å². The second kappa shape index (κ2) is 9.59. The summed E-state index contributed by atoms with van der Waals surface area (Å²) < 4.78 is 61.5. The van der Waals surface area contributed by atoms with Crippen LogP contribution in [0.25, 0.3) is 0 Å². The van der Waals surface area contributed by atoms with Crippen LogP contribution < -0.4 is 5.32 Å². The molecule has 2 atom stereocenters. The average molecular weight is 461 g/mol. The first-order valence-electron chi connectivity index (χ1n) is 9.71. The fourth-order valence-electron chi connectivity index (χ4n) is 3.70. The zero-order valence-electron chi connectivity index (χ0n) is 16.6. The van der Waals surface area contributed by atoms with Gasteiger partial charge in [0, 0.05) is 44.1 Å². The Bertz CT molecular complexity index is 981. The highest BCUT2D eigenvalue weighted by molar-refractivity contribution is 5.80. The highest BCUT2D eigenvalue weighted by Crippen LogP contribution is 2.29. The van der Waals surface area contributed by atoms with Gasteiger partial charge < -0.3 is 19.9 Å². The molecule has 1 aromatic carbocycles. The summed E-state index contributed by atoms with van der Waals surface area (Å²) in [6.07, 6.45) is -2.18. The standard InChI is InChI=1S/C17H19F2N5O.C2HF3O2/c18-12-1-2-14(19)13(8-12)15-9-20-4-6-24(15)17(25)11-3-5-23-10-21-22-16(23)7-11;3-2(4,5)1(6)7/h1-2,8,10-11,15,20H,3-7,9H2;(H,6,7). The Balaban J connectivity index is 0.000000360. The third kappa shape index (κ3) is 5.39. The molecule has 0 spiro atoms. The van der Waals surface area contributed by atoms with Gasteiger partial charge in [0.05, 0.1) is 6.04 Å². The number of amides is 1. The Morgan fingerprint density at radius 2 is 1.91 bits per heavy atom. The fourth-order valence-corrected chi connectivity index (χ4v) is 3.70. The molecule has 174 valence electrons. The molecule has 2 aliphatic heterocycles. The molecule has 1 saturated heterocycles. The predicted molar refractivity (Wildman–Crippen MR) is 99.2 cm³/mol. The Morgan fingerprint density at radius 1 is 1.19 bits per heavy atom. The number of nitrogens with one attached hydrogen (secondary N) is 1. The lowest BCUT2D eigenvalue weighted by Gasteiger charge is -2.39. The normalized spacial score (nSPS) is 20.7. The van der Waals surface area contributed by atoms with Crippen LogP contribution in [0, 0.1) is 17.6 Å². The van der Waals surface area contributed by atoms with E-state index in [4.69, 9.17) is 9.90 Å². The third-order valence-corrected chi connectivity index (χ3v) is 5.28. The van der Waals surface area contributed by atoms with Gasteiger partial charge in [0.15, 0.2) is 0 Å². The highest BCUT2D eigenvalue weighted by Gasteiger charge is 2.38. The number of hydrogen-bond donors (Lipinski definition) is 2. The van der Waals surface area contributed by atoms with Gasteiger partial charge in [-0.25, -0.2) is 13.6 Å². The second-order valence-electron chi connectivity index (χ2n) is 7.35. The topological polar surface area (TPSA) is 100 Å². The number of hydrogen-bond acceptors (Lipinski definition) is 5. The molecule has 0 bridgehead atoms. The summed E-state index contributed by atoms with van der Waals surface area (Å²) in [4.78, 5) is 23.7. The number of carboxylic acids is 1. The molecule has 1 aromatic heterocycles. The van der Waals surface area contributed by atoms with E-state index in [2.05, 4.69) is 15.5 Å². The molecule has 2 unspecified atom stereocenters. The number of carbonyl (C=O) groups excluding carboxylic acids is 1. The predicted octanol–water partition coefficient (Wildman–Crippen LogP) is 1.93. The zero-order valence-corrected chi connectivity index (χ0v) is 16.6. The first-order valence-corrected chi connectivity index (χ1v) is 9.71. The summed E-state index contributed by atoms with van der Waals surface area (Å²) >= 11 is 0. The molecule has 2 aromatic rings. The SMILES string of the molecule is O=C(C1CCn2cnnc2C1)N1CCNCC1c1cc(F)ccc1F.O=C(O)C(F)(F)F. The Morgan fingerprint density at radius 3 is 2.59 bits per heavy atom. The third-order valence-electron chi connectivity index (χ3n) is 5.28. The number of fused-ring (bicyclic) bond motifs is 1. The van der Waals surface area contributed by atoms with Crippen LogP contribution in [-0.4, -0.2) is 62.5 Å². The smallest absolute Gasteiger partial charge is 0.475 e. The number of carbonyl (C=O) groups is 2. The van der Waals surface area contributed by atoms with Gasteiger partial charge in [-0.1, -0.05) is 0 Å². The van der Waals surface area contributed by atoms with Crippen LogP contribution in [0.2, 0.25) is 0 Å². The van der Waals surface area contributed by atoms with Gasteiger partial charge in [0.25, 0.3) is 0 Å². The lowest BCUT2D eigenvalue weighted by atomic mass is 9.93. The number of piperazine rings is 1. The van der Waals surface area contributed by atoms with Crippen LogP contribution >= 0.6 is 0 Å². The van der Waals surface area contributed by atoms with Crippen LogP contribution in [0.4, 0.5) is 22.0 Å². The van der Waals surface area contributed by atoms with E-state index in [9.17, 15) is 26.7 Å². The van der Waals surface area contributed by atoms with Gasteiger partial charge in [-0.15, -0.1) is 10.2 Å². The van der Waals surface area contributed by atoms with Crippen LogP contribution in [0.3, 0.4) is 0 Å². The molecule has 0 radical (unpaired) electrons. The second-order valence-corrected chi connectivity index (χ2v) is 7.35. The van der Waals surface area contributed by atoms with E-state index in [1.54, 1.807) is 11.2 Å². The first kappa shape index (κ1) is 23.6. The van der Waals surface area contributed by atoms with Crippen molar-refractivity contribution in [3.05, 3.63) is 47.5 Å². The molecule has 1 fully saturated rings. The molecule has 8 nitrogen and oxygen atoms in total. The van der Waals surface area contributed by atoms with Crippen molar-refractivity contribution in [1.29, 1.82) is 0 Å². The molecule has 4 rings (SSSR count). The number of rotatable bonds is 2. The van der Waals surface area contributed by atoms with Crippen molar-refractivity contribution in [2.24, 2.45) is 5.92 Å². The van der Waals surface area contributed by atoms with Crippen molar-refractivity contribution >= 4 is 11.9 Å². The number of aliphatic carboxylic acids is 1. The number of halogens is 5. The molecule has 0 aliphatic carbocycles. The van der Waals surface area contributed by atoms with Crippen LogP contribution in [0.15, 0.2) is 24.5 Å². The molecule has 13 heteroatoms. The number of benzene rings is 1. The van der Waals surface area contributed by atoms with Gasteiger partial charge in [0.2, 0.25) is 5.91 Å². The molecule has 1 amide bonds. The van der Waals surface area contributed by atoms with Crippen LogP contribution in [0.1, 0.15) is 23.9 Å². The van der Waals surface area contributed by atoms with Crippen molar-refractivity contribution in [1.82, 2.24) is 25.0 Å². The van der Waals surface area contributed by atoms with E-state index in [0.717, 1.165) is 18.0 Å². The molecule has 32 heavy (non-hydrogen) atoms. The Labute approximate surface area is 179 Å². The monoisotopic (exact) mass is 461 g/mol. The van der Waals surface area contributed by atoms with Crippen molar-refractivity contribution in [2.75, 3.05) is 19.6 Å². The minimum Gasteiger partial charge on any atom is -0.475 e. The number of aryl methyl sites for hydroxylation is 1. The summed E-state index contributed by atoms with van der Waals surface area (Å²) in [6.45, 7) is 2.23. The van der Waals surface area contributed by atoms with Crippen LogP contribution in [-0.2, 0) is 22.6 Å². The quantitative estimate of drug-likeness (QED) is 0.663. The maximum Gasteiger partial charge on any atom is 0.490 e. The van der Waals surface area contributed by atoms with Crippen molar-refractivity contribution in [3.63, 3.8) is 0 Å². The molecule has 2 N–H and O–H groups in total. The minimum absolute atomic E-state index is 0.0237. The number of nitrogens with zero attached hydrogens (tertiary/aromatic N) is 4. The summed E-state index contributed by atoms with van der Waals surface area (Å²) in [5.41, 5.74) is 0.222. The van der Waals surface area contributed by atoms with E-state index in [0.29, 0.717) is 39.0 Å². The number of alkyl halides is 3. The average Bonchev–Trinajstić information content (AvgIpc) is 3.22. The first-order chi connectivity index (χ1) is 15.1. The van der Waals surface area contributed by atoms with E-state index < -0.39 is 29.8 Å². The molecular formula is C19H20F5N5O3. The zero-order chi connectivity index (χ0) is 23.5. The molecular weight excluding hydrogens is 441 g/mol. The van der Waals surface area contributed by atoms with Crippen molar-refractivity contribution < 1.29 is 36.6 Å². The van der Waals surface area contributed by atoms with Gasteiger partial charge in [-0.3, -0.25) is 4.79 Å². The lowest BCUT2D eigenvalue weighted by Crippen LogP contribution is -2.51. The highest BCUT2D eigenvalue weighted by atomic mass is 19.4. The largest absolute Gasteiger partial charge is 0.490 e. The summed E-state index contributed by atoms with van der Waals surface area (Å²) in [5, 5.41) is 18.2. The van der Waals surface area contributed by atoms with Gasteiger partial charge in [0.1, 0.15) is 23.8 Å². The lowest BCUT2D eigenvalue weighted by molar-refractivity contribution is -0.192. The fraction of sp³-hybridized carbons (Fsp3) is 0.474. The maximum absolute atomic E-state index is 14.2. The maximum atomic E-state index is 14.2.